The highest BCUT2D eigenvalue weighted by atomic mass is 35.5. The van der Waals surface area contributed by atoms with Gasteiger partial charge in [-0.1, -0.05) is 23.2 Å². The van der Waals surface area contributed by atoms with Gasteiger partial charge in [-0.25, -0.2) is 0 Å². The third kappa shape index (κ3) is 3.28. The normalized spacial score (nSPS) is 10.3. The Morgan fingerprint density at radius 1 is 1.11 bits per heavy atom. The van der Waals surface area contributed by atoms with Crippen LogP contribution in [0.3, 0.4) is 0 Å². The number of hydrogen-bond acceptors (Lipinski definition) is 3. The molecule has 0 amide bonds. The number of nitrogens with two attached hydrogens (primary N) is 1. The Morgan fingerprint density at radius 2 is 1.78 bits per heavy atom. The summed E-state index contributed by atoms with van der Waals surface area (Å²) >= 11 is 11.7. The summed E-state index contributed by atoms with van der Waals surface area (Å²) in [6.07, 6.45) is 4.29. The minimum atomic E-state index is 0.427. The molecule has 0 saturated carbocycles. The molecule has 18 heavy (non-hydrogen) atoms. The summed E-state index contributed by atoms with van der Waals surface area (Å²) in [6.45, 7) is 0.520. The van der Waals surface area contributed by atoms with E-state index in [2.05, 4.69) is 4.98 Å². The lowest BCUT2D eigenvalue weighted by Crippen LogP contribution is -2.03. The van der Waals surface area contributed by atoms with Crippen LogP contribution in [-0.4, -0.2) is 11.6 Å². The summed E-state index contributed by atoms with van der Waals surface area (Å²) < 4.78 is 5.59. The fourth-order valence-electron chi connectivity index (χ4n) is 1.50. The molecule has 0 aliphatic heterocycles. The SMILES string of the molecule is Nc1cc(Cl)c(Cl)cc1OCCc1ccncc1. The molecule has 5 heteroatoms. The zero-order valence-electron chi connectivity index (χ0n) is 9.57. The Hall–Kier alpha value is -1.45. The van der Waals surface area contributed by atoms with Gasteiger partial charge in [0.05, 0.1) is 22.3 Å². The van der Waals surface area contributed by atoms with Gasteiger partial charge in [-0.3, -0.25) is 4.98 Å². The number of hydrogen-bond donors (Lipinski definition) is 1. The number of pyridine rings is 1. The van der Waals surface area contributed by atoms with Crippen LogP contribution < -0.4 is 10.5 Å². The fourth-order valence-corrected chi connectivity index (χ4v) is 1.82. The second-order valence-electron chi connectivity index (χ2n) is 3.76. The monoisotopic (exact) mass is 282 g/mol. The Bertz CT molecular complexity index is 532. The molecule has 0 spiro atoms. The number of nitrogen functional groups attached to an aromatic ring is 1. The second-order valence-corrected chi connectivity index (χ2v) is 4.57. The topological polar surface area (TPSA) is 48.1 Å². The highest BCUT2D eigenvalue weighted by Gasteiger charge is 2.06. The van der Waals surface area contributed by atoms with Crippen molar-refractivity contribution in [1.29, 1.82) is 0 Å². The van der Waals surface area contributed by atoms with E-state index in [1.54, 1.807) is 24.5 Å². The molecule has 2 aromatic rings. The van der Waals surface area contributed by atoms with E-state index in [-0.39, 0.29) is 0 Å². The van der Waals surface area contributed by atoms with E-state index in [9.17, 15) is 0 Å². The summed E-state index contributed by atoms with van der Waals surface area (Å²) in [5.41, 5.74) is 7.43. The first-order chi connectivity index (χ1) is 8.66. The molecule has 0 unspecified atom stereocenters. The number of ether oxygens (including phenoxy) is 1. The molecular formula is C13H12Cl2N2O. The molecular weight excluding hydrogens is 271 g/mol. The van der Waals surface area contributed by atoms with E-state index in [1.165, 1.54) is 0 Å². The van der Waals surface area contributed by atoms with Gasteiger partial charge in [0.25, 0.3) is 0 Å². The summed E-state index contributed by atoms with van der Waals surface area (Å²) in [4.78, 5) is 3.95. The number of benzene rings is 1. The zero-order valence-corrected chi connectivity index (χ0v) is 11.1. The molecule has 94 valence electrons. The first-order valence-electron chi connectivity index (χ1n) is 5.43. The number of rotatable bonds is 4. The van der Waals surface area contributed by atoms with Crippen molar-refractivity contribution in [1.82, 2.24) is 4.98 Å². The Kier molecular flexibility index (Phi) is 4.28. The van der Waals surface area contributed by atoms with Crippen LogP contribution in [0.25, 0.3) is 0 Å². The van der Waals surface area contributed by atoms with Crippen LogP contribution in [-0.2, 0) is 6.42 Å². The first-order valence-corrected chi connectivity index (χ1v) is 6.18. The molecule has 3 nitrogen and oxygen atoms in total. The van der Waals surface area contributed by atoms with E-state index in [1.807, 2.05) is 12.1 Å². The van der Waals surface area contributed by atoms with Gasteiger partial charge in [-0.2, -0.15) is 0 Å². The summed E-state index contributed by atoms with van der Waals surface area (Å²) in [7, 11) is 0. The van der Waals surface area contributed by atoms with Gasteiger partial charge in [-0.05, 0) is 23.8 Å². The number of nitrogens with zero attached hydrogens (tertiary/aromatic N) is 1. The van der Waals surface area contributed by atoms with E-state index in [4.69, 9.17) is 33.7 Å². The standard InChI is InChI=1S/C13H12Cl2N2O/c14-10-7-12(16)13(8-11(10)15)18-6-3-9-1-4-17-5-2-9/h1-2,4-5,7-8H,3,6,16H2. The largest absolute Gasteiger partial charge is 0.491 e. The van der Waals surface area contributed by atoms with Crippen LogP contribution >= 0.6 is 23.2 Å². The molecule has 0 aliphatic rings. The lowest BCUT2D eigenvalue weighted by atomic mass is 10.2. The first kappa shape index (κ1) is 13.0. The molecule has 0 atom stereocenters. The van der Waals surface area contributed by atoms with Crippen LogP contribution in [0.15, 0.2) is 36.7 Å². The van der Waals surface area contributed by atoms with Gasteiger partial charge < -0.3 is 10.5 Å². The maximum atomic E-state index is 5.91. The molecule has 0 radical (unpaired) electrons. The van der Waals surface area contributed by atoms with Gasteiger partial charge >= 0.3 is 0 Å². The highest BCUT2D eigenvalue weighted by Crippen LogP contribution is 2.32. The molecule has 1 aromatic carbocycles. The maximum absolute atomic E-state index is 5.91. The Balaban J connectivity index is 1.97. The molecule has 0 saturated heterocycles. The van der Waals surface area contributed by atoms with Crippen molar-refractivity contribution in [2.75, 3.05) is 12.3 Å². The molecule has 0 bridgehead atoms. The lowest BCUT2D eigenvalue weighted by molar-refractivity contribution is 0.323. The zero-order chi connectivity index (χ0) is 13.0. The van der Waals surface area contributed by atoms with Crippen LogP contribution in [0.4, 0.5) is 5.69 Å². The minimum Gasteiger partial charge on any atom is -0.491 e. The Labute approximate surface area is 115 Å². The van der Waals surface area contributed by atoms with E-state index in [0.29, 0.717) is 28.1 Å². The molecule has 0 aliphatic carbocycles. The number of anilines is 1. The van der Waals surface area contributed by atoms with Crippen molar-refractivity contribution in [2.45, 2.75) is 6.42 Å². The average molecular weight is 283 g/mol. The van der Waals surface area contributed by atoms with Crippen molar-refractivity contribution < 1.29 is 4.74 Å². The highest BCUT2D eigenvalue weighted by molar-refractivity contribution is 6.42. The van der Waals surface area contributed by atoms with Gasteiger partial charge in [0, 0.05) is 24.9 Å². The number of halogens is 2. The van der Waals surface area contributed by atoms with Crippen LogP contribution in [0.5, 0.6) is 5.75 Å². The molecule has 2 N–H and O–H groups in total. The summed E-state index contributed by atoms with van der Waals surface area (Å²) in [6, 6.07) is 7.11. The molecule has 1 heterocycles. The fraction of sp³-hybridized carbons (Fsp3) is 0.154. The van der Waals surface area contributed by atoms with Gasteiger partial charge in [-0.15, -0.1) is 0 Å². The minimum absolute atomic E-state index is 0.427. The van der Waals surface area contributed by atoms with Crippen molar-refractivity contribution >= 4 is 28.9 Å². The molecule has 1 aromatic heterocycles. The van der Waals surface area contributed by atoms with Crippen LogP contribution in [0, 0.1) is 0 Å². The third-order valence-electron chi connectivity index (χ3n) is 2.45. The van der Waals surface area contributed by atoms with Gasteiger partial charge in [0.1, 0.15) is 5.75 Å². The molecule has 0 fully saturated rings. The lowest BCUT2D eigenvalue weighted by Gasteiger charge is -2.10. The van der Waals surface area contributed by atoms with Gasteiger partial charge in [0.2, 0.25) is 0 Å². The van der Waals surface area contributed by atoms with Crippen LogP contribution in [0.2, 0.25) is 10.0 Å². The summed E-state index contributed by atoms with van der Waals surface area (Å²) in [5, 5.41) is 0.862. The maximum Gasteiger partial charge on any atom is 0.143 e. The van der Waals surface area contributed by atoms with E-state index < -0.39 is 0 Å². The smallest absolute Gasteiger partial charge is 0.143 e. The van der Waals surface area contributed by atoms with Crippen molar-refractivity contribution in [3.8, 4) is 5.75 Å². The quantitative estimate of drug-likeness (QED) is 0.872. The summed E-state index contributed by atoms with van der Waals surface area (Å²) in [5.74, 6) is 0.554. The predicted molar refractivity (Wildman–Crippen MR) is 74.3 cm³/mol. The third-order valence-corrected chi connectivity index (χ3v) is 3.17. The van der Waals surface area contributed by atoms with Crippen molar-refractivity contribution in [3.05, 3.63) is 52.3 Å². The Morgan fingerprint density at radius 3 is 2.50 bits per heavy atom. The molecule has 2 rings (SSSR count). The second kappa shape index (κ2) is 5.94. The average Bonchev–Trinajstić information content (AvgIpc) is 2.37. The van der Waals surface area contributed by atoms with E-state index >= 15 is 0 Å². The van der Waals surface area contributed by atoms with Crippen molar-refractivity contribution in [3.63, 3.8) is 0 Å². The van der Waals surface area contributed by atoms with Gasteiger partial charge in [0.15, 0.2) is 0 Å². The predicted octanol–water partition coefficient (Wildman–Crippen LogP) is 3.59. The van der Waals surface area contributed by atoms with Crippen molar-refractivity contribution in [2.24, 2.45) is 0 Å². The number of aromatic nitrogens is 1. The van der Waals surface area contributed by atoms with Crippen LogP contribution in [0.1, 0.15) is 5.56 Å². The van der Waals surface area contributed by atoms with E-state index in [0.717, 1.165) is 12.0 Å².